The summed E-state index contributed by atoms with van der Waals surface area (Å²) in [4.78, 5) is 15.3. The van der Waals surface area contributed by atoms with Gasteiger partial charge in [-0.2, -0.15) is 4.98 Å². The van der Waals surface area contributed by atoms with Crippen LogP contribution < -0.4 is 15.8 Å². The first-order valence-corrected chi connectivity index (χ1v) is 5.15. The number of hydrogen-bond acceptors (Lipinski definition) is 6. The van der Waals surface area contributed by atoms with Crippen LogP contribution in [0, 0.1) is 0 Å². The molecule has 0 saturated carbocycles. The van der Waals surface area contributed by atoms with E-state index >= 15 is 0 Å². The lowest BCUT2D eigenvalue weighted by molar-refractivity contribution is 0.0950. The van der Waals surface area contributed by atoms with Gasteiger partial charge in [0.05, 0.1) is 12.7 Å². The van der Waals surface area contributed by atoms with Gasteiger partial charge >= 0.3 is 0 Å². The van der Waals surface area contributed by atoms with Crippen LogP contribution in [0.4, 0.5) is 5.69 Å². The minimum atomic E-state index is -0.425. The normalized spacial score (nSPS) is 10.1. The van der Waals surface area contributed by atoms with Crippen molar-refractivity contribution in [3.63, 3.8) is 0 Å². The largest absolute Gasteiger partial charge is 0.497 e. The second kappa shape index (κ2) is 4.74. The summed E-state index contributed by atoms with van der Waals surface area (Å²) in [6, 6.07) is 5.04. The van der Waals surface area contributed by atoms with E-state index in [1.54, 1.807) is 25.3 Å². The van der Waals surface area contributed by atoms with Crippen LogP contribution >= 0.6 is 0 Å². The second-order valence-corrected chi connectivity index (χ2v) is 3.46. The summed E-state index contributed by atoms with van der Waals surface area (Å²) < 4.78 is 10.1. The summed E-state index contributed by atoms with van der Waals surface area (Å²) in [5.41, 5.74) is 6.80. The van der Waals surface area contributed by atoms with Crippen molar-refractivity contribution in [2.45, 2.75) is 0 Å². The number of carbonyl (C=O) groups is 1. The molecule has 0 saturated heterocycles. The van der Waals surface area contributed by atoms with Crippen molar-refractivity contribution in [1.29, 1.82) is 0 Å². The SMILES string of the molecule is CNC(=O)c1noc(-c2cc(OC)ccc2N)n1. The molecule has 0 aliphatic carbocycles. The Kier molecular flexibility index (Phi) is 3.13. The van der Waals surface area contributed by atoms with Crippen molar-refractivity contribution >= 4 is 11.6 Å². The summed E-state index contributed by atoms with van der Waals surface area (Å²) in [7, 11) is 3.03. The minimum Gasteiger partial charge on any atom is -0.497 e. The molecular weight excluding hydrogens is 236 g/mol. The highest BCUT2D eigenvalue weighted by atomic mass is 16.5. The number of nitrogens with two attached hydrogens (primary N) is 1. The molecule has 1 amide bonds. The van der Waals surface area contributed by atoms with E-state index < -0.39 is 5.91 Å². The van der Waals surface area contributed by atoms with Crippen LogP contribution in [0.25, 0.3) is 11.5 Å². The van der Waals surface area contributed by atoms with Gasteiger partial charge in [-0.1, -0.05) is 5.16 Å². The van der Waals surface area contributed by atoms with Gasteiger partial charge in [-0.25, -0.2) is 0 Å². The maximum atomic E-state index is 11.3. The Morgan fingerprint density at radius 3 is 2.94 bits per heavy atom. The maximum absolute atomic E-state index is 11.3. The summed E-state index contributed by atoms with van der Waals surface area (Å²) in [6.45, 7) is 0. The molecule has 0 atom stereocenters. The monoisotopic (exact) mass is 248 g/mol. The molecule has 1 aromatic carbocycles. The molecule has 1 heterocycles. The van der Waals surface area contributed by atoms with Gasteiger partial charge in [0.1, 0.15) is 5.75 Å². The van der Waals surface area contributed by atoms with Crippen LogP contribution in [0.3, 0.4) is 0 Å². The third-order valence-corrected chi connectivity index (χ3v) is 2.35. The van der Waals surface area contributed by atoms with Gasteiger partial charge in [-0.3, -0.25) is 4.79 Å². The first kappa shape index (κ1) is 11.9. The lowest BCUT2D eigenvalue weighted by Crippen LogP contribution is -2.19. The van der Waals surface area contributed by atoms with Gasteiger partial charge in [0.25, 0.3) is 17.6 Å². The predicted octanol–water partition coefficient (Wildman–Crippen LogP) is 0.687. The second-order valence-electron chi connectivity index (χ2n) is 3.46. The van der Waals surface area contributed by atoms with Crippen LogP contribution in [0.15, 0.2) is 22.7 Å². The molecule has 2 rings (SSSR count). The molecule has 0 radical (unpaired) electrons. The number of benzene rings is 1. The molecule has 0 aliphatic heterocycles. The quantitative estimate of drug-likeness (QED) is 0.774. The van der Waals surface area contributed by atoms with Gasteiger partial charge in [-0.15, -0.1) is 0 Å². The average Bonchev–Trinajstić information content (AvgIpc) is 2.88. The van der Waals surface area contributed by atoms with Gasteiger partial charge in [0, 0.05) is 12.7 Å². The Labute approximate surface area is 103 Å². The van der Waals surface area contributed by atoms with E-state index in [1.807, 2.05) is 0 Å². The Morgan fingerprint density at radius 1 is 1.50 bits per heavy atom. The molecular formula is C11H12N4O3. The van der Waals surface area contributed by atoms with E-state index in [2.05, 4.69) is 15.5 Å². The lowest BCUT2D eigenvalue weighted by atomic mass is 10.1. The third kappa shape index (κ3) is 2.10. The first-order chi connectivity index (χ1) is 8.65. The zero-order valence-corrected chi connectivity index (χ0v) is 9.93. The molecule has 0 aliphatic rings. The molecule has 94 valence electrons. The molecule has 0 spiro atoms. The standard InChI is InChI=1S/C11H12N4O3/c1-13-10(16)9-14-11(18-15-9)7-5-6(17-2)3-4-8(7)12/h3-5H,12H2,1-2H3,(H,13,16). The molecule has 0 unspecified atom stereocenters. The number of amides is 1. The smallest absolute Gasteiger partial charge is 0.292 e. The van der Waals surface area contributed by atoms with Crippen molar-refractivity contribution in [3.05, 3.63) is 24.0 Å². The third-order valence-electron chi connectivity index (χ3n) is 2.35. The fraction of sp³-hybridized carbons (Fsp3) is 0.182. The number of rotatable bonds is 3. The summed E-state index contributed by atoms with van der Waals surface area (Å²) >= 11 is 0. The number of carbonyl (C=O) groups excluding carboxylic acids is 1. The van der Waals surface area contributed by atoms with E-state index in [9.17, 15) is 4.79 Å². The van der Waals surface area contributed by atoms with Crippen molar-refractivity contribution in [2.24, 2.45) is 0 Å². The average molecular weight is 248 g/mol. The Bertz CT molecular complexity index is 579. The summed E-state index contributed by atoms with van der Waals surface area (Å²) in [5.74, 6) is 0.310. The van der Waals surface area contributed by atoms with Crippen LogP contribution in [0.1, 0.15) is 10.6 Å². The Hall–Kier alpha value is -2.57. The highest BCUT2D eigenvalue weighted by molar-refractivity contribution is 5.90. The van der Waals surface area contributed by atoms with Crippen molar-refractivity contribution in [3.8, 4) is 17.2 Å². The Morgan fingerprint density at radius 2 is 2.28 bits per heavy atom. The number of ether oxygens (including phenoxy) is 1. The van der Waals surface area contributed by atoms with E-state index in [0.29, 0.717) is 17.0 Å². The van der Waals surface area contributed by atoms with Crippen LogP contribution in [-0.2, 0) is 0 Å². The highest BCUT2D eigenvalue weighted by Crippen LogP contribution is 2.28. The molecule has 7 nitrogen and oxygen atoms in total. The Balaban J connectivity index is 2.42. The topological polar surface area (TPSA) is 103 Å². The molecule has 0 fully saturated rings. The van der Waals surface area contributed by atoms with Gasteiger partial charge in [0.15, 0.2) is 0 Å². The fourth-order valence-electron chi connectivity index (χ4n) is 1.38. The number of hydrogen-bond donors (Lipinski definition) is 2. The summed E-state index contributed by atoms with van der Waals surface area (Å²) in [6.07, 6.45) is 0. The number of aromatic nitrogens is 2. The van der Waals surface area contributed by atoms with Crippen LogP contribution in [-0.4, -0.2) is 30.2 Å². The summed E-state index contributed by atoms with van der Waals surface area (Å²) in [5, 5.41) is 5.97. The van der Waals surface area contributed by atoms with Gasteiger partial charge in [-0.05, 0) is 18.2 Å². The van der Waals surface area contributed by atoms with E-state index in [0.717, 1.165) is 0 Å². The van der Waals surface area contributed by atoms with Crippen LogP contribution in [0.5, 0.6) is 5.75 Å². The van der Waals surface area contributed by atoms with Crippen molar-refractivity contribution < 1.29 is 14.1 Å². The van der Waals surface area contributed by atoms with Gasteiger partial charge < -0.3 is 20.3 Å². The van der Waals surface area contributed by atoms with Crippen molar-refractivity contribution in [2.75, 3.05) is 19.9 Å². The van der Waals surface area contributed by atoms with Crippen LogP contribution in [0.2, 0.25) is 0 Å². The van der Waals surface area contributed by atoms with Gasteiger partial charge in [0.2, 0.25) is 0 Å². The molecule has 7 heteroatoms. The maximum Gasteiger partial charge on any atom is 0.292 e. The predicted molar refractivity (Wildman–Crippen MR) is 64.1 cm³/mol. The number of nitrogens with one attached hydrogen (secondary N) is 1. The first-order valence-electron chi connectivity index (χ1n) is 5.15. The number of methoxy groups -OCH3 is 1. The number of nitrogen functional groups attached to an aromatic ring is 1. The minimum absolute atomic E-state index is 0.0466. The zero-order chi connectivity index (χ0) is 13.1. The van der Waals surface area contributed by atoms with Crippen molar-refractivity contribution in [1.82, 2.24) is 15.5 Å². The fourth-order valence-corrected chi connectivity index (χ4v) is 1.38. The van der Waals surface area contributed by atoms with E-state index in [4.69, 9.17) is 15.0 Å². The molecule has 3 N–H and O–H groups in total. The molecule has 0 bridgehead atoms. The number of nitrogens with zero attached hydrogens (tertiary/aromatic N) is 2. The van der Waals surface area contributed by atoms with E-state index in [-0.39, 0.29) is 11.7 Å². The molecule has 2 aromatic rings. The van der Waals surface area contributed by atoms with E-state index in [1.165, 1.54) is 7.05 Å². The molecule has 1 aromatic heterocycles. The highest BCUT2D eigenvalue weighted by Gasteiger charge is 2.16. The lowest BCUT2D eigenvalue weighted by Gasteiger charge is -2.03. The zero-order valence-electron chi connectivity index (χ0n) is 9.93. The number of anilines is 1. The molecule has 18 heavy (non-hydrogen) atoms.